The molecule has 0 aliphatic heterocycles. The zero-order valence-electron chi connectivity index (χ0n) is 18.1. The van der Waals surface area contributed by atoms with Crippen LogP contribution in [-0.2, 0) is 0 Å². The van der Waals surface area contributed by atoms with Gasteiger partial charge in [0.15, 0.2) is 11.2 Å². The minimum absolute atomic E-state index is 0.804. The lowest BCUT2D eigenvalue weighted by molar-refractivity contribution is 0.633. The minimum Gasteiger partial charge on any atom is -0.452 e. The first kappa shape index (κ1) is 18.3. The molecule has 0 atom stereocenters. The maximum atomic E-state index is 6.61. The zero-order chi connectivity index (χ0) is 21.9. The fraction of sp³-hybridized carbons (Fsp3) is 0.0323. The molecule has 2 heteroatoms. The van der Waals surface area contributed by atoms with Gasteiger partial charge in [-0.05, 0) is 59.5 Å². The lowest BCUT2D eigenvalue weighted by Crippen LogP contribution is -1.83. The van der Waals surface area contributed by atoms with Crippen LogP contribution in [0.2, 0.25) is 0 Å². The minimum atomic E-state index is 0.804. The van der Waals surface area contributed by atoms with Crippen molar-refractivity contribution in [2.75, 3.05) is 0 Å². The van der Waals surface area contributed by atoms with Crippen molar-refractivity contribution in [3.05, 3.63) is 109 Å². The number of benzene rings is 5. The molecule has 0 saturated carbocycles. The van der Waals surface area contributed by atoms with Crippen molar-refractivity contribution in [3.8, 4) is 22.3 Å². The highest BCUT2D eigenvalue weighted by molar-refractivity contribution is 6.20. The Hall–Kier alpha value is -4.30. The van der Waals surface area contributed by atoms with E-state index in [4.69, 9.17) is 8.83 Å². The van der Waals surface area contributed by atoms with E-state index >= 15 is 0 Å². The summed E-state index contributed by atoms with van der Waals surface area (Å²) in [5, 5.41) is 4.37. The summed E-state index contributed by atoms with van der Waals surface area (Å²) in [6.07, 6.45) is 0. The first-order valence-corrected chi connectivity index (χ1v) is 11.2. The zero-order valence-corrected chi connectivity index (χ0v) is 18.1. The third kappa shape index (κ3) is 2.74. The Kier molecular flexibility index (Phi) is 3.80. The summed E-state index contributed by atoms with van der Waals surface area (Å²) in [6.45, 7) is 2.08. The van der Waals surface area contributed by atoms with Gasteiger partial charge in [-0.15, -0.1) is 0 Å². The van der Waals surface area contributed by atoms with Gasteiger partial charge in [0.2, 0.25) is 0 Å². The molecule has 7 aromatic rings. The molecule has 0 N–H and O–H groups in total. The van der Waals surface area contributed by atoms with E-state index in [0.717, 1.165) is 55.0 Å². The van der Waals surface area contributed by atoms with Gasteiger partial charge < -0.3 is 8.83 Å². The van der Waals surface area contributed by atoms with Crippen LogP contribution in [0, 0.1) is 6.92 Å². The van der Waals surface area contributed by atoms with Crippen LogP contribution in [0.15, 0.2) is 112 Å². The lowest BCUT2D eigenvalue weighted by Gasteiger charge is -2.08. The quantitative estimate of drug-likeness (QED) is 0.276. The van der Waals surface area contributed by atoms with Crippen LogP contribution < -0.4 is 0 Å². The van der Waals surface area contributed by atoms with Gasteiger partial charge in [0.05, 0.1) is 0 Å². The first-order chi connectivity index (χ1) is 16.3. The van der Waals surface area contributed by atoms with Crippen molar-refractivity contribution in [3.63, 3.8) is 0 Å². The molecule has 2 aromatic heterocycles. The summed E-state index contributed by atoms with van der Waals surface area (Å²) in [6, 6.07) is 36.1. The van der Waals surface area contributed by atoms with Crippen LogP contribution in [0.4, 0.5) is 0 Å². The second kappa shape index (κ2) is 6.85. The molecule has 2 nitrogen and oxygen atoms in total. The van der Waals surface area contributed by atoms with Crippen LogP contribution in [0.25, 0.3) is 66.1 Å². The summed E-state index contributed by atoms with van der Waals surface area (Å²) < 4.78 is 13.0. The van der Waals surface area contributed by atoms with Gasteiger partial charge in [0.25, 0.3) is 0 Å². The summed E-state index contributed by atoms with van der Waals surface area (Å²) in [4.78, 5) is 0. The molecular weight excluding hydrogens is 404 g/mol. The van der Waals surface area contributed by atoms with Gasteiger partial charge in [-0.25, -0.2) is 0 Å². The predicted molar refractivity (Wildman–Crippen MR) is 137 cm³/mol. The number of furan rings is 2. The molecule has 0 aliphatic carbocycles. The molecule has 0 radical (unpaired) electrons. The summed E-state index contributed by atoms with van der Waals surface area (Å²) in [5.41, 5.74) is 9.16. The van der Waals surface area contributed by atoms with Crippen molar-refractivity contribution >= 4 is 43.9 Å². The summed E-state index contributed by atoms with van der Waals surface area (Å²) in [7, 11) is 0. The second-order valence-electron chi connectivity index (χ2n) is 8.66. The van der Waals surface area contributed by atoms with Gasteiger partial charge in [-0.1, -0.05) is 72.8 Å². The Morgan fingerprint density at radius 1 is 0.455 bits per heavy atom. The van der Waals surface area contributed by atoms with E-state index in [1.807, 2.05) is 12.1 Å². The van der Waals surface area contributed by atoms with Gasteiger partial charge in [-0.2, -0.15) is 0 Å². The largest absolute Gasteiger partial charge is 0.452 e. The van der Waals surface area contributed by atoms with Crippen molar-refractivity contribution in [2.45, 2.75) is 6.92 Å². The van der Waals surface area contributed by atoms with Gasteiger partial charge >= 0.3 is 0 Å². The van der Waals surface area contributed by atoms with Crippen molar-refractivity contribution in [2.24, 2.45) is 0 Å². The Morgan fingerprint density at radius 3 is 1.85 bits per heavy atom. The molecule has 0 saturated heterocycles. The fourth-order valence-electron chi connectivity index (χ4n) is 4.91. The topological polar surface area (TPSA) is 26.3 Å². The predicted octanol–water partition coefficient (Wildman–Crippen LogP) is 9.13. The summed E-state index contributed by atoms with van der Waals surface area (Å²) >= 11 is 0. The summed E-state index contributed by atoms with van der Waals surface area (Å²) in [5.74, 6) is 0. The van der Waals surface area contributed by atoms with E-state index in [1.165, 1.54) is 16.7 Å². The smallest absolute Gasteiger partial charge is 0.178 e. The normalized spacial score (nSPS) is 11.8. The molecule has 0 spiro atoms. The standard InChI is InChI=1S/C31H20O2/c1-19-12-13-23-24-14-15-25-27-18-22(20-8-4-2-5-9-20)17-26(21-10-6-3-7-11-21)29(27)33-31(25)30(24)32-28(23)16-19/h2-18H,1H3. The maximum absolute atomic E-state index is 6.61. The highest BCUT2D eigenvalue weighted by Gasteiger charge is 2.19. The number of rotatable bonds is 2. The molecule has 0 fully saturated rings. The van der Waals surface area contributed by atoms with E-state index in [1.54, 1.807) is 0 Å². The molecule has 0 aliphatic rings. The average Bonchev–Trinajstić information content (AvgIpc) is 3.42. The third-order valence-corrected chi connectivity index (χ3v) is 6.53. The first-order valence-electron chi connectivity index (χ1n) is 11.2. The van der Waals surface area contributed by atoms with Crippen LogP contribution in [0.1, 0.15) is 5.56 Å². The van der Waals surface area contributed by atoms with Gasteiger partial charge in [-0.3, -0.25) is 0 Å². The fourth-order valence-corrected chi connectivity index (χ4v) is 4.91. The Morgan fingerprint density at radius 2 is 1.09 bits per heavy atom. The molecule has 156 valence electrons. The SMILES string of the molecule is Cc1ccc2c(c1)oc1c2ccc2c3cc(-c4ccccc4)cc(-c4ccccc4)c3oc21. The maximum Gasteiger partial charge on any atom is 0.178 e. The van der Waals surface area contributed by atoms with Crippen molar-refractivity contribution in [1.82, 2.24) is 0 Å². The van der Waals surface area contributed by atoms with Crippen molar-refractivity contribution in [1.29, 1.82) is 0 Å². The average molecular weight is 424 g/mol. The van der Waals surface area contributed by atoms with Gasteiger partial charge in [0.1, 0.15) is 11.2 Å². The highest BCUT2D eigenvalue weighted by atomic mass is 16.4. The van der Waals surface area contributed by atoms with Crippen LogP contribution in [0.5, 0.6) is 0 Å². The number of hydrogen-bond acceptors (Lipinski definition) is 2. The molecule has 7 rings (SSSR count). The molecular formula is C31H20O2. The monoisotopic (exact) mass is 424 g/mol. The molecule has 33 heavy (non-hydrogen) atoms. The highest BCUT2D eigenvalue weighted by Crippen LogP contribution is 2.43. The molecule has 0 bridgehead atoms. The Balaban J connectivity index is 1.62. The molecule has 5 aromatic carbocycles. The second-order valence-corrected chi connectivity index (χ2v) is 8.66. The third-order valence-electron chi connectivity index (χ3n) is 6.53. The van der Waals surface area contributed by atoms with Crippen LogP contribution >= 0.6 is 0 Å². The van der Waals surface area contributed by atoms with E-state index in [-0.39, 0.29) is 0 Å². The van der Waals surface area contributed by atoms with E-state index in [2.05, 4.69) is 97.9 Å². The molecule has 2 heterocycles. The van der Waals surface area contributed by atoms with E-state index < -0.39 is 0 Å². The molecule has 0 unspecified atom stereocenters. The number of aryl methyl sites for hydroxylation is 1. The van der Waals surface area contributed by atoms with Crippen molar-refractivity contribution < 1.29 is 8.83 Å². The van der Waals surface area contributed by atoms with E-state index in [9.17, 15) is 0 Å². The molecule has 0 amide bonds. The Bertz CT molecular complexity index is 1800. The number of hydrogen-bond donors (Lipinski definition) is 0. The van der Waals surface area contributed by atoms with Crippen LogP contribution in [0.3, 0.4) is 0 Å². The Labute approximate surface area is 190 Å². The lowest BCUT2D eigenvalue weighted by atomic mass is 9.95. The van der Waals surface area contributed by atoms with Crippen LogP contribution in [-0.4, -0.2) is 0 Å². The van der Waals surface area contributed by atoms with Gasteiger partial charge in [0, 0.05) is 27.1 Å². The number of fused-ring (bicyclic) bond motifs is 7. The van der Waals surface area contributed by atoms with E-state index in [0.29, 0.717) is 0 Å².